The van der Waals surface area contributed by atoms with E-state index in [1.807, 2.05) is 73.1 Å². The summed E-state index contributed by atoms with van der Waals surface area (Å²) in [5, 5.41) is 2.51. The molecule has 0 aliphatic carbocycles. The molecule has 8 nitrogen and oxygen atoms in total. The van der Waals surface area contributed by atoms with Crippen molar-refractivity contribution in [2.45, 2.75) is 25.7 Å². The van der Waals surface area contributed by atoms with E-state index in [-0.39, 0.29) is 19.6 Å². The smallest absolute Gasteiger partial charge is 0.324 e. The van der Waals surface area contributed by atoms with Crippen molar-refractivity contribution in [3.63, 3.8) is 0 Å². The second-order valence-corrected chi connectivity index (χ2v) is 8.86. The number of nitrogens with zero attached hydrogens (tertiary/aromatic N) is 1. The lowest BCUT2D eigenvalue weighted by Gasteiger charge is -2.17. The lowest BCUT2D eigenvalue weighted by atomic mass is 9.98. The number of ether oxygens (including phenoxy) is 2. The fourth-order valence-electron chi connectivity index (χ4n) is 3.95. The molecule has 0 spiro atoms. The largest absolute Gasteiger partial charge is 0.461 e. The molecule has 0 saturated carbocycles. The summed E-state index contributed by atoms with van der Waals surface area (Å²) in [5.74, 6) is -2.33. The predicted molar refractivity (Wildman–Crippen MR) is 148 cm³/mol. The van der Waals surface area contributed by atoms with Gasteiger partial charge in [-0.25, -0.2) is 0 Å². The second kappa shape index (κ2) is 13.6. The van der Waals surface area contributed by atoms with Crippen LogP contribution in [0.2, 0.25) is 0 Å². The van der Waals surface area contributed by atoms with Crippen molar-refractivity contribution in [2.75, 3.05) is 0 Å². The van der Waals surface area contributed by atoms with Crippen LogP contribution in [-0.4, -0.2) is 34.2 Å². The zero-order valence-electron chi connectivity index (χ0n) is 21.2. The van der Waals surface area contributed by atoms with Crippen molar-refractivity contribution in [1.82, 2.24) is 9.97 Å². The minimum Gasteiger partial charge on any atom is -0.461 e. The third-order valence-corrected chi connectivity index (χ3v) is 6.08. The quantitative estimate of drug-likeness (QED) is 0.212. The van der Waals surface area contributed by atoms with Crippen molar-refractivity contribution in [3.05, 3.63) is 115 Å². The van der Waals surface area contributed by atoms with Crippen LogP contribution in [0.1, 0.15) is 17.5 Å². The van der Waals surface area contributed by atoms with Gasteiger partial charge in [0.05, 0.1) is 24.1 Å². The van der Waals surface area contributed by atoms with Gasteiger partial charge in [-0.2, -0.15) is 0 Å². The van der Waals surface area contributed by atoms with Gasteiger partial charge in [-0.05, 0) is 23.3 Å². The number of pyridine rings is 1. The molecule has 0 aliphatic heterocycles. The Balaban J connectivity index is 0.000000223. The van der Waals surface area contributed by atoms with Gasteiger partial charge in [-0.15, -0.1) is 0 Å². The highest BCUT2D eigenvalue weighted by Crippen LogP contribution is 2.23. The first-order valence-corrected chi connectivity index (χ1v) is 12.5. The van der Waals surface area contributed by atoms with E-state index in [9.17, 15) is 14.4 Å². The maximum absolute atomic E-state index is 12.0. The standard InChI is InChI=1S/C20H21NO5.C11H8N2/c21-19(20(24)26-14-16-9-5-2-6-10-16)17(12-22)11-18(23)25-13-15-7-3-1-4-8-15;1-2-4-10-8(3-1)9-5-6-12-7-11(9)13-10/h1-10,12,17,19H,11,13-14,21H2;1-7,13H. The molecule has 3 N–H and O–H groups in total. The molecule has 39 heavy (non-hydrogen) atoms. The minimum atomic E-state index is -1.22. The van der Waals surface area contributed by atoms with E-state index in [1.165, 1.54) is 16.3 Å². The van der Waals surface area contributed by atoms with Crippen molar-refractivity contribution >= 4 is 40.0 Å². The van der Waals surface area contributed by atoms with Crippen molar-refractivity contribution < 1.29 is 23.9 Å². The van der Waals surface area contributed by atoms with Crippen LogP contribution in [0.4, 0.5) is 0 Å². The Morgan fingerprint density at radius 2 is 1.38 bits per heavy atom. The highest BCUT2D eigenvalue weighted by atomic mass is 16.5. The number of carbonyl (C=O) groups excluding carboxylic acids is 3. The van der Waals surface area contributed by atoms with E-state index in [4.69, 9.17) is 15.2 Å². The highest BCUT2D eigenvalue weighted by Gasteiger charge is 2.28. The number of nitrogens with two attached hydrogens (primary N) is 1. The van der Waals surface area contributed by atoms with Crippen LogP contribution in [0.15, 0.2) is 103 Å². The Kier molecular flexibility index (Phi) is 9.52. The molecule has 5 rings (SSSR count). The third kappa shape index (κ3) is 7.59. The summed E-state index contributed by atoms with van der Waals surface area (Å²) in [6.45, 7) is 0.149. The Hall–Kier alpha value is -4.82. The zero-order valence-corrected chi connectivity index (χ0v) is 21.2. The lowest BCUT2D eigenvalue weighted by Crippen LogP contribution is -2.41. The molecule has 5 aromatic rings. The molecule has 2 aromatic heterocycles. The average molecular weight is 524 g/mol. The monoisotopic (exact) mass is 523 g/mol. The molecule has 2 heterocycles. The first-order valence-electron chi connectivity index (χ1n) is 12.5. The number of hydrogen-bond acceptors (Lipinski definition) is 7. The summed E-state index contributed by atoms with van der Waals surface area (Å²) in [4.78, 5) is 42.6. The molecule has 0 aliphatic rings. The van der Waals surface area contributed by atoms with Crippen LogP contribution >= 0.6 is 0 Å². The number of carbonyl (C=O) groups is 3. The fraction of sp³-hybridized carbons (Fsp3) is 0.161. The number of aromatic nitrogens is 2. The number of rotatable bonds is 9. The molecule has 8 heteroatoms. The molecule has 0 radical (unpaired) electrons. The number of esters is 2. The van der Waals surface area contributed by atoms with Gasteiger partial charge in [0, 0.05) is 22.5 Å². The van der Waals surface area contributed by atoms with E-state index in [2.05, 4.69) is 28.2 Å². The lowest BCUT2D eigenvalue weighted by molar-refractivity contribution is -0.151. The Morgan fingerprint density at radius 1 is 0.795 bits per heavy atom. The minimum absolute atomic E-state index is 0.0530. The van der Waals surface area contributed by atoms with E-state index in [0.29, 0.717) is 6.29 Å². The molecular formula is C31H29N3O5. The van der Waals surface area contributed by atoms with Crippen molar-refractivity contribution in [2.24, 2.45) is 11.7 Å². The number of aldehydes is 1. The summed E-state index contributed by atoms with van der Waals surface area (Å²) in [5.41, 5.74) is 9.68. The molecule has 0 amide bonds. The second-order valence-electron chi connectivity index (χ2n) is 8.86. The molecule has 2 unspecified atom stereocenters. The molecule has 198 valence electrons. The summed E-state index contributed by atoms with van der Waals surface area (Å²) in [6.07, 6.45) is 3.88. The number of aromatic amines is 1. The molecule has 3 aromatic carbocycles. The van der Waals surface area contributed by atoms with Crippen LogP contribution in [-0.2, 0) is 37.1 Å². The normalized spacial score (nSPS) is 12.1. The van der Waals surface area contributed by atoms with Gasteiger partial charge in [-0.1, -0.05) is 78.9 Å². The highest BCUT2D eigenvalue weighted by molar-refractivity contribution is 6.06. The van der Waals surface area contributed by atoms with E-state index >= 15 is 0 Å². The first kappa shape index (κ1) is 27.2. The number of fused-ring (bicyclic) bond motifs is 3. The number of H-pyrrole nitrogens is 1. The third-order valence-electron chi connectivity index (χ3n) is 6.08. The van der Waals surface area contributed by atoms with Gasteiger partial charge >= 0.3 is 11.9 Å². The molecule has 0 bridgehead atoms. The number of benzene rings is 3. The number of para-hydroxylation sites is 1. The van der Waals surface area contributed by atoms with Crippen LogP contribution in [0, 0.1) is 5.92 Å². The molecule has 0 fully saturated rings. The van der Waals surface area contributed by atoms with Crippen LogP contribution in [0.5, 0.6) is 0 Å². The van der Waals surface area contributed by atoms with Crippen LogP contribution in [0.25, 0.3) is 21.8 Å². The van der Waals surface area contributed by atoms with Gasteiger partial charge in [0.1, 0.15) is 25.5 Å². The zero-order chi connectivity index (χ0) is 27.5. The summed E-state index contributed by atoms with van der Waals surface area (Å²) in [6, 6.07) is 27.3. The Morgan fingerprint density at radius 3 is 2.05 bits per heavy atom. The molecule has 0 saturated heterocycles. The molecular weight excluding hydrogens is 494 g/mol. The van der Waals surface area contributed by atoms with Gasteiger partial charge in [-0.3, -0.25) is 14.6 Å². The molecule has 2 atom stereocenters. The van der Waals surface area contributed by atoms with Gasteiger partial charge in [0.25, 0.3) is 0 Å². The summed E-state index contributed by atoms with van der Waals surface area (Å²) in [7, 11) is 0. The summed E-state index contributed by atoms with van der Waals surface area (Å²) >= 11 is 0. The van der Waals surface area contributed by atoms with Crippen molar-refractivity contribution in [3.8, 4) is 0 Å². The van der Waals surface area contributed by atoms with E-state index in [1.54, 1.807) is 12.1 Å². The fourth-order valence-corrected chi connectivity index (χ4v) is 3.95. The van der Waals surface area contributed by atoms with Crippen LogP contribution in [0.3, 0.4) is 0 Å². The van der Waals surface area contributed by atoms with Gasteiger partial charge in [0.15, 0.2) is 0 Å². The number of nitrogens with one attached hydrogen (secondary N) is 1. The summed E-state index contributed by atoms with van der Waals surface area (Å²) < 4.78 is 10.2. The first-order chi connectivity index (χ1) is 19.0. The van der Waals surface area contributed by atoms with E-state index in [0.717, 1.165) is 16.6 Å². The predicted octanol–water partition coefficient (Wildman–Crippen LogP) is 4.72. The topological polar surface area (TPSA) is 124 Å². The Bertz CT molecular complexity index is 1470. The van der Waals surface area contributed by atoms with E-state index < -0.39 is 23.9 Å². The Labute approximate surface area is 225 Å². The van der Waals surface area contributed by atoms with Crippen molar-refractivity contribution in [1.29, 1.82) is 0 Å². The number of hydrogen-bond donors (Lipinski definition) is 2. The van der Waals surface area contributed by atoms with Gasteiger partial charge < -0.3 is 25.0 Å². The van der Waals surface area contributed by atoms with Crippen LogP contribution < -0.4 is 5.73 Å². The van der Waals surface area contributed by atoms with Gasteiger partial charge in [0.2, 0.25) is 0 Å². The maximum atomic E-state index is 12.0. The average Bonchev–Trinajstić information content (AvgIpc) is 3.37. The maximum Gasteiger partial charge on any atom is 0.324 e. The SMILES string of the molecule is NC(C(=O)OCc1ccccc1)C(C=O)CC(=O)OCc1ccccc1.c1ccc2c(c1)[nH]c1cnccc12.